The van der Waals surface area contributed by atoms with Gasteiger partial charge in [-0.1, -0.05) is 0 Å². The Bertz CT molecular complexity index is 645. The molecule has 0 aromatic carbocycles. The molecule has 2 fully saturated rings. The fourth-order valence-corrected chi connectivity index (χ4v) is 4.47. The summed E-state index contributed by atoms with van der Waals surface area (Å²) in [6.07, 6.45) is 8.57. The van der Waals surface area contributed by atoms with Crippen LogP contribution in [0.25, 0.3) is 0 Å². The first-order valence-corrected chi connectivity index (χ1v) is 9.47. The van der Waals surface area contributed by atoms with Gasteiger partial charge in [0.15, 0.2) is 0 Å². The summed E-state index contributed by atoms with van der Waals surface area (Å²) in [5, 5.41) is 7.32. The number of morpholine rings is 1. The van der Waals surface area contributed by atoms with E-state index >= 15 is 0 Å². The molecule has 1 saturated carbocycles. The molecule has 0 radical (unpaired) electrons. The van der Waals surface area contributed by atoms with Gasteiger partial charge in [0.1, 0.15) is 5.01 Å². The van der Waals surface area contributed by atoms with Crippen molar-refractivity contribution in [3.63, 3.8) is 0 Å². The Kier molecular flexibility index (Phi) is 4.93. The number of aryl methyl sites for hydroxylation is 1. The second-order valence-electron chi connectivity index (χ2n) is 6.67. The van der Waals surface area contributed by atoms with Crippen molar-refractivity contribution in [2.45, 2.75) is 38.1 Å². The minimum Gasteiger partial charge on any atom is -0.375 e. The van der Waals surface area contributed by atoms with Gasteiger partial charge < -0.3 is 9.47 Å². The molecular weight excluding hydrogens is 324 g/mol. The highest BCUT2D eigenvalue weighted by atomic mass is 32.1. The largest absolute Gasteiger partial charge is 0.375 e. The third kappa shape index (κ3) is 3.54. The van der Waals surface area contributed by atoms with Crippen molar-refractivity contribution in [3.8, 4) is 0 Å². The zero-order valence-electron chi connectivity index (χ0n) is 14.0. The summed E-state index contributed by atoms with van der Waals surface area (Å²) in [7, 11) is 1.97. The molecule has 1 saturated heterocycles. The molecular formula is C17H24N4O2S. The van der Waals surface area contributed by atoms with Crippen LogP contribution < -0.4 is 0 Å². The van der Waals surface area contributed by atoms with Gasteiger partial charge in [0, 0.05) is 55.4 Å². The van der Waals surface area contributed by atoms with Crippen LogP contribution in [0.3, 0.4) is 0 Å². The molecule has 130 valence electrons. The quantitative estimate of drug-likeness (QED) is 0.800. The molecule has 0 N–H and O–H groups in total. The minimum absolute atomic E-state index is 0.298. The van der Waals surface area contributed by atoms with Crippen LogP contribution in [0.1, 0.15) is 23.4 Å². The van der Waals surface area contributed by atoms with Crippen molar-refractivity contribution in [3.05, 3.63) is 34.5 Å². The lowest BCUT2D eigenvalue weighted by Gasteiger charge is -2.39. The molecule has 2 aromatic rings. The van der Waals surface area contributed by atoms with Crippen molar-refractivity contribution < 1.29 is 9.47 Å². The van der Waals surface area contributed by atoms with Crippen LogP contribution >= 0.6 is 11.3 Å². The summed E-state index contributed by atoms with van der Waals surface area (Å²) in [4.78, 5) is 6.83. The van der Waals surface area contributed by atoms with Gasteiger partial charge in [-0.15, -0.1) is 11.3 Å². The molecule has 24 heavy (non-hydrogen) atoms. The van der Waals surface area contributed by atoms with E-state index in [1.807, 2.05) is 29.5 Å². The number of hydrogen-bond donors (Lipinski definition) is 0. The first-order valence-electron chi connectivity index (χ1n) is 8.59. The van der Waals surface area contributed by atoms with E-state index in [4.69, 9.17) is 9.47 Å². The number of rotatable bonds is 6. The van der Waals surface area contributed by atoms with E-state index in [1.54, 1.807) is 11.3 Å². The summed E-state index contributed by atoms with van der Waals surface area (Å²) in [6.45, 7) is 4.16. The van der Waals surface area contributed by atoms with Crippen LogP contribution in [0.5, 0.6) is 0 Å². The fraction of sp³-hybridized carbons (Fsp3) is 0.647. The van der Waals surface area contributed by atoms with Gasteiger partial charge in [-0.3, -0.25) is 9.58 Å². The smallest absolute Gasteiger partial charge is 0.118 e. The highest BCUT2D eigenvalue weighted by Gasteiger charge is 2.42. The molecule has 2 aliphatic rings. The third-order valence-electron chi connectivity index (χ3n) is 5.02. The number of fused-ring (bicyclic) bond motifs is 1. The molecule has 4 rings (SSSR count). The monoisotopic (exact) mass is 348 g/mol. The zero-order chi connectivity index (χ0) is 16.4. The lowest BCUT2D eigenvalue weighted by Crippen LogP contribution is -2.50. The number of ether oxygens (including phenoxy) is 2. The van der Waals surface area contributed by atoms with E-state index in [9.17, 15) is 0 Å². The molecule has 6 nitrogen and oxygen atoms in total. The second-order valence-corrected chi connectivity index (χ2v) is 7.65. The van der Waals surface area contributed by atoms with Gasteiger partial charge >= 0.3 is 0 Å². The molecule has 7 heteroatoms. The molecule has 1 aliphatic carbocycles. The van der Waals surface area contributed by atoms with Crippen molar-refractivity contribution in [1.29, 1.82) is 0 Å². The molecule has 3 atom stereocenters. The number of aromatic nitrogens is 3. The van der Waals surface area contributed by atoms with Crippen molar-refractivity contribution in [2.24, 2.45) is 13.0 Å². The molecule has 0 spiro atoms. The molecule has 0 bridgehead atoms. The van der Waals surface area contributed by atoms with E-state index in [0.717, 1.165) is 31.3 Å². The summed E-state index contributed by atoms with van der Waals surface area (Å²) in [5.74, 6) is 0.492. The predicted octanol–water partition coefficient (Wildman–Crippen LogP) is 2.07. The normalized spacial score (nSPS) is 27.5. The molecule has 3 heterocycles. The summed E-state index contributed by atoms with van der Waals surface area (Å²) >= 11 is 1.65. The van der Waals surface area contributed by atoms with Crippen molar-refractivity contribution in [1.82, 2.24) is 19.7 Å². The Morgan fingerprint density at radius 1 is 1.42 bits per heavy atom. The number of nitrogens with zero attached hydrogens (tertiary/aromatic N) is 4. The van der Waals surface area contributed by atoms with Crippen molar-refractivity contribution in [2.75, 3.05) is 19.8 Å². The fourth-order valence-electron chi connectivity index (χ4n) is 3.92. The zero-order valence-corrected chi connectivity index (χ0v) is 14.8. The van der Waals surface area contributed by atoms with Crippen LogP contribution in [-0.2, 0) is 29.7 Å². The van der Waals surface area contributed by atoms with Crippen molar-refractivity contribution >= 4 is 11.3 Å². The Morgan fingerprint density at radius 2 is 2.38 bits per heavy atom. The Labute approximate surface area is 146 Å². The second kappa shape index (κ2) is 7.31. The van der Waals surface area contributed by atoms with Gasteiger partial charge in [-0.25, -0.2) is 4.98 Å². The maximum atomic E-state index is 6.12. The average molecular weight is 348 g/mol. The van der Waals surface area contributed by atoms with E-state index in [1.165, 1.54) is 18.4 Å². The molecule has 2 aromatic heterocycles. The van der Waals surface area contributed by atoms with Crippen LogP contribution in [-0.4, -0.2) is 51.6 Å². The van der Waals surface area contributed by atoms with Crippen LogP contribution in [0.4, 0.5) is 0 Å². The minimum atomic E-state index is 0.298. The topological polar surface area (TPSA) is 52.4 Å². The Balaban J connectivity index is 1.32. The summed E-state index contributed by atoms with van der Waals surface area (Å²) in [5.41, 5.74) is 1.28. The maximum absolute atomic E-state index is 6.12. The predicted molar refractivity (Wildman–Crippen MR) is 91.6 cm³/mol. The SMILES string of the molecule is Cn1cc(CN2CCO[C@@H]3[C@H](COCc4nccs4)CC[C@@H]32)cn1. The molecule has 0 unspecified atom stereocenters. The highest BCUT2D eigenvalue weighted by molar-refractivity contribution is 7.09. The van der Waals surface area contributed by atoms with E-state index in [0.29, 0.717) is 24.7 Å². The third-order valence-corrected chi connectivity index (χ3v) is 5.77. The summed E-state index contributed by atoms with van der Waals surface area (Å²) in [6, 6.07) is 0.507. The summed E-state index contributed by atoms with van der Waals surface area (Å²) < 4.78 is 13.9. The first kappa shape index (κ1) is 16.2. The number of hydrogen-bond acceptors (Lipinski definition) is 6. The van der Waals surface area contributed by atoms with Gasteiger partial charge in [-0.2, -0.15) is 5.10 Å². The van der Waals surface area contributed by atoms with Crippen LogP contribution in [0.15, 0.2) is 24.0 Å². The van der Waals surface area contributed by atoms with E-state index < -0.39 is 0 Å². The Morgan fingerprint density at radius 3 is 3.17 bits per heavy atom. The number of thiazole rings is 1. The van der Waals surface area contributed by atoms with Crippen LogP contribution in [0.2, 0.25) is 0 Å². The highest BCUT2D eigenvalue weighted by Crippen LogP contribution is 2.35. The van der Waals surface area contributed by atoms with E-state index in [2.05, 4.69) is 21.2 Å². The molecule has 0 amide bonds. The Hall–Kier alpha value is -1.28. The first-order chi connectivity index (χ1) is 11.8. The van der Waals surface area contributed by atoms with E-state index in [-0.39, 0.29) is 0 Å². The van der Waals surface area contributed by atoms with Gasteiger partial charge in [0.25, 0.3) is 0 Å². The van der Waals surface area contributed by atoms with Crippen LogP contribution in [0, 0.1) is 5.92 Å². The van der Waals surface area contributed by atoms with Gasteiger partial charge in [0.05, 0.1) is 32.1 Å². The van der Waals surface area contributed by atoms with Gasteiger partial charge in [0.2, 0.25) is 0 Å². The maximum Gasteiger partial charge on any atom is 0.118 e. The lowest BCUT2D eigenvalue weighted by atomic mass is 10.0. The standard InChI is InChI=1S/C17H24N4O2S/c1-20-9-13(8-19-20)10-21-5-6-23-17-14(2-3-15(17)21)11-22-12-16-18-4-7-24-16/h4,7-9,14-15,17H,2-3,5-6,10-12H2,1H3/t14-,15-,17+/m0/s1. The molecule has 1 aliphatic heterocycles. The van der Waals surface area contributed by atoms with Gasteiger partial charge in [-0.05, 0) is 12.8 Å². The lowest BCUT2D eigenvalue weighted by molar-refractivity contribution is -0.0891. The average Bonchev–Trinajstić information content (AvgIpc) is 3.30.